The van der Waals surface area contributed by atoms with E-state index < -0.39 is 11.6 Å². The van der Waals surface area contributed by atoms with Crippen molar-refractivity contribution >= 4 is 5.91 Å². The second-order valence-electron chi connectivity index (χ2n) is 4.06. The number of amides is 1. The number of benzene rings is 1. The maximum Gasteiger partial charge on any atom is 0.256 e. The maximum atomic E-state index is 13.8. The molecule has 1 amide bonds. The first-order valence-electron chi connectivity index (χ1n) is 5.83. The summed E-state index contributed by atoms with van der Waals surface area (Å²) in [7, 11) is 1.50. The number of nitrogens with zero attached hydrogens (tertiary/aromatic N) is 1. The van der Waals surface area contributed by atoms with Gasteiger partial charge >= 0.3 is 0 Å². The van der Waals surface area contributed by atoms with Gasteiger partial charge in [-0.3, -0.25) is 4.79 Å². The third-order valence-electron chi connectivity index (χ3n) is 2.71. The third-order valence-corrected chi connectivity index (χ3v) is 2.71. The molecule has 1 heterocycles. The molecule has 1 aromatic heterocycles. The van der Waals surface area contributed by atoms with Gasteiger partial charge in [0.05, 0.1) is 6.20 Å². The van der Waals surface area contributed by atoms with E-state index in [1.54, 1.807) is 18.2 Å². The van der Waals surface area contributed by atoms with Crippen LogP contribution < -0.4 is 10.1 Å². The Hall–Kier alpha value is -2.50. The van der Waals surface area contributed by atoms with E-state index in [9.17, 15) is 13.6 Å². The summed E-state index contributed by atoms with van der Waals surface area (Å²) in [6, 6.07) is 6.17. The Labute approximate surface area is 114 Å². The second kappa shape index (κ2) is 5.64. The van der Waals surface area contributed by atoms with Crippen LogP contribution in [0.5, 0.6) is 11.6 Å². The van der Waals surface area contributed by atoms with Crippen LogP contribution in [0.3, 0.4) is 0 Å². The summed E-state index contributed by atoms with van der Waals surface area (Å²) in [4.78, 5) is 15.0. The number of carbonyl (C=O) groups excluding carboxylic acids is 1. The van der Waals surface area contributed by atoms with Crippen molar-refractivity contribution in [2.45, 2.75) is 6.92 Å². The number of ether oxygens (including phenoxy) is 1. The molecule has 0 saturated carbocycles. The van der Waals surface area contributed by atoms with Crippen LogP contribution in [-0.2, 0) is 0 Å². The summed E-state index contributed by atoms with van der Waals surface area (Å²) in [6.45, 7) is 1.29. The summed E-state index contributed by atoms with van der Waals surface area (Å²) < 4.78 is 32.1. The molecule has 0 bridgehead atoms. The Morgan fingerprint density at radius 1 is 1.35 bits per heavy atom. The fourth-order valence-electron chi connectivity index (χ4n) is 1.56. The minimum Gasteiger partial charge on any atom is -0.436 e. The zero-order chi connectivity index (χ0) is 14.7. The minimum absolute atomic E-state index is 0.169. The molecule has 0 aliphatic rings. The first-order chi connectivity index (χ1) is 9.52. The predicted molar refractivity (Wildman–Crippen MR) is 68.8 cm³/mol. The maximum absolute atomic E-state index is 13.8. The lowest BCUT2D eigenvalue weighted by Gasteiger charge is -2.08. The van der Waals surface area contributed by atoms with E-state index >= 15 is 0 Å². The predicted octanol–water partition coefficient (Wildman–Crippen LogP) is 2.82. The Morgan fingerprint density at radius 2 is 2.10 bits per heavy atom. The number of halogens is 2. The summed E-state index contributed by atoms with van der Waals surface area (Å²) in [5, 5.41) is 2.47. The van der Waals surface area contributed by atoms with Crippen LogP contribution in [0, 0.1) is 18.6 Å². The smallest absolute Gasteiger partial charge is 0.256 e. The SMILES string of the molecule is CNC(=O)c1cccc(Oc2ncc(F)c(C)c2F)c1. The van der Waals surface area contributed by atoms with Gasteiger partial charge in [0.1, 0.15) is 11.6 Å². The number of hydrogen-bond donors (Lipinski definition) is 1. The fraction of sp³-hybridized carbons (Fsp3) is 0.143. The molecule has 0 atom stereocenters. The topological polar surface area (TPSA) is 51.2 Å². The monoisotopic (exact) mass is 278 g/mol. The molecule has 2 aromatic rings. The zero-order valence-electron chi connectivity index (χ0n) is 10.9. The Kier molecular flexibility index (Phi) is 3.93. The quantitative estimate of drug-likeness (QED) is 0.939. The molecule has 0 aliphatic heterocycles. The molecule has 1 aromatic carbocycles. The van der Waals surface area contributed by atoms with E-state index in [0.717, 1.165) is 6.20 Å². The lowest BCUT2D eigenvalue weighted by atomic mass is 10.2. The van der Waals surface area contributed by atoms with Crippen LogP contribution in [-0.4, -0.2) is 17.9 Å². The van der Waals surface area contributed by atoms with Crippen molar-refractivity contribution in [3.8, 4) is 11.6 Å². The van der Waals surface area contributed by atoms with E-state index in [4.69, 9.17) is 4.74 Å². The van der Waals surface area contributed by atoms with Gasteiger partial charge in [-0.25, -0.2) is 13.8 Å². The number of rotatable bonds is 3. The summed E-state index contributed by atoms with van der Waals surface area (Å²) >= 11 is 0. The van der Waals surface area contributed by atoms with Gasteiger partial charge in [-0.2, -0.15) is 0 Å². The number of carbonyl (C=O) groups is 1. The first kappa shape index (κ1) is 13.9. The molecular weight excluding hydrogens is 266 g/mol. The van der Waals surface area contributed by atoms with Crippen molar-refractivity contribution in [1.29, 1.82) is 0 Å². The zero-order valence-corrected chi connectivity index (χ0v) is 10.9. The van der Waals surface area contributed by atoms with E-state index in [-0.39, 0.29) is 23.1 Å². The van der Waals surface area contributed by atoms with Gasteiger partial charge in [-0.15, -0.1) is 0 Å². The highest BCUT2D eigenvalue weighted by molar-refractivity contribution is 5.94. The van der Waals surface area contributed by atoms with Crippen LogP contribution in [0.2, 0.25) is 0 Å². The van der Waals surface area contributed by atoms with Crippen molar-refractivity contribution < 1.29 is 18.3 Å². The molecule has 2 rings (SSSR count). The van der Waals surface area contributed by atoms with Gasteiger partial charge in [0.2, 0.25) is 0 Å². The first-order valence-corrected chi connectivity index (χ1v) is 5.83. The molecule has 0 saturated heterocycles. The second-order valence-corrected chi connectivity index (χ2v) is 4.06. The van der Waals surface area contributed by atoms with Gasteiger partial charge in [-0.1, -0.05) is 6.07 Å². The standard InChI is InChI=1S/C14H12F2N2O2/c1-8-11(15)7-18-14(12(8)16)20-10-5-3-4-9(6-10)13(19)17-2/h3-7H,1-2H3,(H,17,19). The van der Waals surface area contributed by atoms with Crippen molar-refractivity contribution in [2.24, 2.45) is 0 Å². The third kappa shape index (κ3) is 2.74. The fourth-order valence-corrected chi connectivity index (χ4v) is 1.56. The van der Waals surface area contributed by atoms with Crippen LogP contribution in [0.25, 0.3) is 0 Å². The minimum atomic E-state index is -0.865. The molecule has 0 spiro atoms. The van der Waals surface area contributed by atoms with E-state index in [1.807, 2.05) is 0 Å². The molecule has 1 N–H and O–H groups in total. The van der Waals surface area contributed by atoms with Gasteiger partial charge in [0.15, 0.2) is 5.82 Å². The van der Waals surface area contributed by atoms with Gasteiger partial charge in [0, 0.05) is 18.2 Å². The van der Waals surface area contributed by atoms with Crippen molar-refractivity contribution in [3.05, 3.63) is 53.2 Å². The molecule has 20 heavy (non-hydrogen) atoms. The molecule has 0 unspecified atom stereocenters. The number of pyridine rings is 1. The van der Waals surface area contributed by atoms with Crippen LogP contribution in [0.1, 0.15) is 15.9 Å². The lowest BCUT2D eigenvalue weighted by molar-refractivity contribution is 0.0963. The number of nitrogens with one attached hydrogen (secondary N) is 1. The van der Waals surface area contributed by atoms with Crippen molar-refractivity contribution in [2.75, 3.05) is 7.05 Å². The van der Waals surface area contributed by atoms with Gasteiger partial charge in [-0.05, 0) is 25.1 Å². The lowest BCUT2D eigenvalue weighted by Crippen LogP contribution is -2.17. The van der Waals surface area contributed by atoms with Crippen LogP contribution >= 0.6 is 0 Å². The van der Waals surface area contributed by atoms with Gasteiger partial charge < -0.3 is 10.1 Å². The van der Waals surface area contributed by atoms with Crippen molar-refractivity contribution in [3.63, 3.8) is 0 Å². The van der Waals surface area contributed by atoms with Crippen LogP contribution in [0.4, 0.5) is 8.78 Å². The van der Waals surface area contributed by atoms with Gasteiger partial charge in [0.25, 0.3) is 11.8 Å². The Balaban J connectivity index is 2.31. The molecule has 0 radical (unpaired) electrons. The molecule has 6 heteroatoms. The highest BCUT2D eigenvalue weighted by Gasteiger charge is 2.14. The molecule has 0 aliphatic carbocycles. The van der Waals surface area contributed by atoms with E-state index in [2.05, 4.69) is 10.3 Å². The molecular formula is C14H12F2N2O2. The van der Waals surface area contributed by atoms with E-state index in [1.165, 1.54) is 20.0 Å². The Bertz CT molecular complexity index is 660. The molecule has 4 nitrogen and oxygen atoms in total. The average molecular weight is 278 g/mol. The number of hydrogen-bond acceptors (Lipinski definition) is 3. The Morgan fingerprint density at radius 3 is 2.80 bits per heavy atom. The largest absolute Gasteiger partial charge is 0.436 e. The van der Waals surface area contributed by atoms with E-state index in [0.29, 0.717) is 5.56 Å². The molecule has 104 valence electrons. The summed E-state index contributed by atoms with van der Waals surface area (Å²) in [6.07, 6.45) is 0.885. The average Bonchev–Trinajstić information content (AvgIpc) is 2.47. The highest BCUT2D eigenvalue weighted by atomic mass is 19.1. The molecule has 0 fully saturated rings. The highest BCUT2D eigenvalue weighted by Crippen LogP contribution is 2.25. The van der Waals surface area contributed by atoms with Crippen molar-refractivity contribution in [1.82, 2.24) is 10.3 Å². The summed E-state index contributed by atoms with van der Waals surface area (Å²) in [5.41, 5.74) is 0.196. The summed E-state index contributed by atoms with van der Waals surface area (Å²) in [5.74, 6) is -2.00. The van der Waals surface area contributed by atoms with Crippen LogP contribution in [0.15, 0.2) is 30.5 Å². The normalized spacial score (nSPS) is 10.2. The number of aromatic nitrogens is 1.